The zero-order chi connectivity index (χ0) is 25.2. The molecule has 12 heteroatoms. The van der Waals surface area contributed by atoms with Crippen molar-refractivity contribution in [3.05, 3.63) is 92.0 Å². The third-order valence-corrected chi connectivity index (χ3v) is 7.11. The minimum absolute atomic E-state index is 0.0980. The summed E-state index contributed by atoms with van der Waals surface area (Å²) in [6.07, 6.45) is 0.179. The Labute approximate surface area is 212 Å². The zero-order valence-electron chi connectivity index (χ0n) is 19.4. The van der Waals surface area contributed by atoms with Gasteiger partial charge in [-0.05, 0) is 49.2 Å². The summed E-state index contributed by atoms with van der Waals surface area (Å²) in [5.74, 6) is 0.405. The number of hydrogen-bond donors (Lipinski definition) is 3. The van der Waals surface area contributed by atoms with Gasteiger partial charge in [-0.15, -0.1) is 10.2 Å². The Morgan fingerprint density at radius 1 is 1.06 bits per heavy atom. The normalized spacial score (nSPS) is 11.2. The van der Waals surface area contributed by atoms with Crippen LogP contribution in [0.4, 0.5) is 5.13 Å². The Morgan fingerprint density at radius 3 is 2.69 bits per heavy atom. The molecule has 1 amide bonds. The number of H-pyrrole nitrogens is 2. The van der Waals surface area contributed by atoms with Crippen molar-refractivity contribution in [2.45, 2.75) is 25.4 Å². The van der Waals surface area contributed by atoms with Gasteiger partial charge in [0.05, 0.1) is 16.0 Å². The number of amides is 1. The van der Waals surface area contributed by atoms with Gasteiger partial charge in [0.2, 0.25) is 5.91 Å². The van der Waals surface area contributed by atoms with Gasteiger partial charge in [0, 0.05) is 23.9 Å². The number of rotatable bonds is 7. The van der Waals surface area contributed by atoms with E-state index in [0.717, 1.165) is 27.0 Å². The van der Waals surface area contributed by atoms with Crippen LogP contribution in [0.3, 0.4) is 0 Å². The number of nitrogens with zero attached hydrogens (tertiary/aromatic N) is 4. The van der Waals surface area contributed by atoms with E-state index in [0.29, 0.717) is 21.8 Å². The summed E-state index contributed by atoms with van der Waals surface area (Å²) < 4.78 is 2.84. The molecule has 3 N–H and O–H groups in total. The summed E-state index contributed by atoms with van der Waals surface area (Å²) in [7, 11) is 0. The predicted octanol–water partition coefficient (Wildman–Crippen LogP) is 3.19. The van der Waals surface area contributed by atoms with Crippen LogP contribution in [0, 0.1) is 13.8 Å². The highest BCUT2D eigenvalue weighted by Gasteiger charge is 2.18. The monoisotopic (exact) mass is 519 g/mol. The average molecular weight is 520 g/mol. The summed E-state index contributed by atoms with van der Waals surface area (Å²) in [5.41, 5.74) is 3.15. The second-order valence-corrected chi connectivity index (χ2v) is 10.2. The molecule has 0 atom stereocenters. The second kappa shape index (κ2) is 9.91. The minimum Gasteiger partial charge on any atom is -0.311 e. The fourth-order valence-corrected chi connectivity index (χ4v) is 5.44. The maximum absolute atomic E-state index is 12.7. The Kier molecular flexibility index (Phi) is 6.53. The molecule has 0 fully saturated rings. The Hall–Kier alpha value is -4.03. The third-order valence-electron chi connectivity index (χ3n) is 5.25. The van der Waals surface area contributed by atoms with E-state index in [2.05, 4.69) is 30.5 Å². The Bertz CT molecular complexity index is 1670. The molecule has 3 heterocycles. The van der Waals surface area contributed by atoms with Crippen molar-refractivity contribution in [1.82, 2.24) is 29.7 Å². The van der Waals surface area contributed by atoms with E-state index in [1.165, 1.54) is 29.2 Å². The maximum atomic E-state index is 12.7. The van der Waals surface area contributed by atoms with Crippen LogP contribution in [0.5, 0.6) is 0 Å². The van der Waals surface area contributed by atoms with Crippen molar-refractivity contribution in [3.8, 4) is 5.69 Å². The molecular formula is C24H21N7O3S2. The van der Waals surface area contributed by atoms with E-state index in [1.807, 2.05) is 60.9 Å². The van der Waals surface area contributed by atoms with Crippen LogP contribution in [-0.4, -0.2) is 41.4 Å². The minimum atomic E-state index is -0.588. The third kappa shape index (κ3) is 5.29. The van der Waals surface area contributed by atoms with Crippen LogP contribution in [0.15, 0.2) is 63.3 Å². The standard InChI is InChI=1S/C24H21N7O3S2/c1-13-4-3-5-16(8-13)31-19(10-15-11-20(32)27-22(34)25-15)29-30-24(31)35-12-21(33)28-23-26-17-7-6-14(2)9-18(17)36-23/h3-9,11H,10,12H2,1-2H3,(H,26,28,33)(H2,25,27,32,34). The summed E-state index contributed by atoms with van der Waals surface area (Å²) >= 11 is 2.66. The highest BCUT2D eigenvalue weighted by Crippen LogP contribution is 2.28. The predicted molar refractivity (Wildman–Crippen MR) is 140 cm³/mol. The van der Waals surface area contributed by atoms with Gasteiger partial charge in [0.15, 0.2) is 10.3 Å². The summed E-state index contributed by atoms with van der Waals surface area (Å²) in [4.78, 5) is 45.4. The highest BCUT2D eigenvalue weighted by molar-refractivity contribution is 7.99. The lowest BCUT2D eigenvalue weighted by molar-refractivity contribution is -0.113. The molecule has 0 bridgehead atoms. The van der Waals surface area contributed by atoms with Gasteiger partial charge >= 0.3 is 5.69 Å². The fourth-order valence-electron chi connectivity index (χ4n) is 3.69. The van der Waals surface area contributed by atoms with E-state index in [9.17, 15) is 14.4 Å². The largest absolute Gasteiger partial charge is 0.325 e. The van der Waals surface area contributed by atoms with Gasteiger partial charge in [0.1, 0.15) is 5.82 Å². The van der Waals surface area contributed by atoms with Crippen LogP contribution in [-0.2, 0) is 11.2 Å². The number of thioether (sulfide) groups is 1. The number of aromatic amines is 2. The maximum Gasteiger partial charge on any atom is 0.325 e. The fraction of sp³-hybridized carbons (Fsp3) is 0.167. The molecule has 5 aromatic rings. The van der Waals surface area contributed by atoms with Gasteiger partial charge in [-0.25, -0.2) is 9.78 Å². The molecule has 5 rings (SSSR count). The van der Waals surface area contributed by atoms with Gasteiger partial charge in [0.25, 0.3) is 5.56 Å². The molecule has 182 valence electrons. The molecule has 0 aliphatic heterocycles. The first-order valence-corrected chi connectivity index (χ1v) is 12.8. The van der Waals surface area contributed by atoms with Crippen molar-refractivity contribution in [1.29, 1.82) is 0 Å². The number of nitrogens with one attached hydrogen (secondary N) is 3. The molecule has 36 heavy (non-hydrogen) atoms. The summed E-state index contributed by atoms with van der Waals surface area (Å²) in [6, 6.07) is 15.1. The average Bonchev–Trinajstić information content (AvgIpc) is 3.39. The lowest BCUT2D eigenvalue weighted by atomic mass is 10.2. The first-order valence-electron chi connectivity index (χ1n) is 11.0. The molecular weight excluding hydrogens is 498 g/mol. The molecule has 0 saturated heterocycles. The van der Waals surface area contributed by atoms with Crippen molar-refractivity contribution in [3.63, 3.8) is 0 Å². The van der Waals surface area contributed by atoms with Gasteiger partial charge in [-0.2, -0.15) is 0 Å². The smallest absolute Gasteiger partial charge is 0.311 e. The van der Waals surface area contributed by atoms with Crippen LogP contribution >= 0.6 is 23.1 Å². The van der Waals surface area contributed by atoms with E-state index < -0.39 is 11.2 Å². The lowest BCUT2D eigenvalue weighted by Crippen LogP contribution is -2.23. The quantitative estimate of drug-likeness (QED) is 0.281. The molecule has 0 radical (unpaired) electrons. The number of fused-ring (bicyclic) bond motifs is 1. The van der Waals surface area contributed by atoms with Crippen LogP contribution in [0.2, 0.25) is 0 Å². The highest BCUT2D eigenvalue weighted by atomic mass is 32.2. The number of thiazole rings is 1. The number of carbonyl (C=O) groups is 1. The van der Waals surface area contributed by atoms with Crippen LogP contribution in [0.1, 0.15) is 22.6 Å². The van der Waals surface area contributed by atoms with Crippen LogP contribution in [0.25, 0.3) is 15.9 Å². The van der Waals surface area contributed by atoms with Crippen molar-refractivity contribution >= 4 is 44.4 Å². The summed E-state index contributed by atoms with van der Waals surface area (Å²) in [5, 5.41) is 12.5. The lowest BCUT2D eigenvalue weighted by Gasteiger charge is -2.11. The van der Waals surface area contributed by atoms with E-state index in [1.54, 1.807) is 0 Å². The summed E-state index contributed by atoms with van der Waals surface area (Å²) in [6.45, 7) is 3.99. The number of aromatic nitrogens is 6. The van der Waals surface area contributed by atoms with Gasteiger partial charge in [-0.1, -0.05) is 41.3 Å². The van der Waals surface area contributed by atoms with E-state index >= 15 is 0 Å². The molecule has 3 aromatic heterocycles. The van der Waals surface area contributed by atoms with Crippen molar-refractivity contribution in [2.75, 3.05) is 11.1 Å². The van der Waals surface area contributed by atoms with Gasteiger partial charge < -0.3 is 10.3 Å². The van der Waals surface area contributed by atoms with E-state index in [4.69, 9.17) is 0 Å². The Balaban J connectivity index is 1.38. The van der Waals surface area contributed by atoms with Crippen molar-refractivity contribution in [2.24, 2.45) is 0 Å². The van der Waals surface area contributed by atoms with Crippen LogP contribution < -0.4 is 16.6 Å². The number of benzene rings is 2. The number of anilines is 1. The first-order chi connectivity index (χ1) is 17.3. The number of aryl methyl sites for hydroxylation is 2. The van der Waals surface area contributed by atoms with E-state index in [-0.39, 0.29) is 18.1 Å². The van der Waals surface area contributed by atoms with Crippen molar-refractivity contribution < 1.29 is 4.79 Å². The molecule has 0 spiro atoms. The van der Waals surface area contributed by atoms with Gasteiger partial charge in [-0.3, -0.25) is 19.1 Å². The first kappa shape index (κ1) is 23.7. The zero-order valence-corrected chi connectivity index (χ0v) is 21.0. The molecule has 0 aliphatic rings. The molecule has 10 nitrogen and oxygen atoms in total. The number of carbonyl (C=O) groups excluding carboxylic acids is 1. The molecule has 0 saturated carbocycles. The molecule has 0 aliphatic carbocycles. The molecule has 0 unspecified atom stereocenters. The SMILES string of the molecule is Cc1cccc(-n2c(Cc3cc(=O)[nH]c(=O)[nH]3)nnc2SCC(=O)Nc2nc3ccc(C)cc3s2)c1. The molecule has 2 aromatic carbocycles. The topological polar surface area (TPSA) is 138 Å². The second-order valence-electron chi connectivity index (χ2n) is 8.19. The Morgan fingerprint density at radius 2 is 1.89 bits per heavy atom. The number of hydrogen-bond acceptors (Lipinski definition) is 8.